The van der Waals surface area contributed by atoms with Crippen molar-refractivity contribution in [3.8, 4) is 5.75 Å². The molecule has 5 nitrogen and oxygen atoms in total. The molecule has 27 heavy (non-hydrogen) atoms. The molecule has 0 spiro atoms. The van der Waals surface area contributed by atoms with Crippen molar-refractivity contribution in [3.63, 3.8) is 0 Å². The zero-order valence-electron chi connectivity index (χ0n) is 13.8. The summed E-state index contributed by atoms with van der Waals surface area (Å²) in [6.45, 7) is -1.53. The smallest absolute Gasteiger partial charge is 0.387 e. The van der Waals surface area contributed by atoms with E-state index in [0.29, 0.717) is 0 Å². The summed E-state index contributed by atoms with van der Waals surface area (Å²) in [5.41, 5.74) is 0.518. The van der Waals surface area contributed by atoms with Crippen LogP contribution < -0.4 is 10.1 Å². The van der Waals surface area contributed by atoms with Gasteiger partial charge in [0.05, 0.1) is 27.0 Å². The topological polar surface area (TPSA) is 59.9 Å². The fourth-order valence-corrected chi connectivity index (χ4v) is 2.46. The highest BCUT2D eigenvalue weighted by Gasteiger charge is 2.17. The Morgan fingerprint density at radius 1 is 1.15 bits per heavy atom. The lowest BCUT2D eigenvalue weighted by molar-refractivity contribution is -0.126. The monoisotopic (exact) mass is 436 g/mol. The lowest BCUT2D eigenvalue weighted by Gasteiger charge is -2.12. The van der Waals surface area contributed by atoms with E-state index in [1.807, 2.05) is 0 Å². The van der Waals surface area contributed by atoms with Gasteiger partial charge in [-0.3, -0.25) is 4.79 Å². The molecule has 1 amide bonds. The first kappa shape index (κ1) is 21.2. The van der Waals surface area contributed by atoms with Gasteiger partial charge in [0.1, 0.15) is 5.75 Å². The summed E-state index contributed by atoms with van der Waals surface area (Å²) in [4.78, 5) is 17.2. The quantitative estimate of drug-likeness (QED) is 0.347. The molecule has 1 unspecified atom stereocenters. The fourth-order valence-electron chi connectivity index (χ4n) is 1.87. The van der Waals surface area contributed by atoms with Gasteiger partial charge in [-0.25, -0.2) is 0 Å². The van der Waals surface area contributed by atoms with E-state index in [4.69, 9.17) is 39.6 Å². The molecule has 0 bridgehead atoms. The van der Waals surface area contributed by atoms with Gasteiger partial charge in [0.15, 0.2) is 0 Å². The molecule has 0 saturated carbocycles. The average molecular weight is 438 g/mol. The number of carbonyl (C=O) groups is 1. The third-order valence-corrected chi connectivity index (χ3v) is 4.22. The molecule has 2 aromatic carbocycles. The molecule has 0 aliphatic rings. The van der Waals surface area contributed by atoms with Crippen molar-refractivity contribution in [1.29, 1.82) is 0 Å². The maximum atomic E-state index is 12.4. The largest absolute Gasteiger partial charge is 0.434 e. The standard InChI is InChI=1S/C17H13Cl3F2N2O3/c1-9(16(25)24-14-7-12(19)11(18)6-13(14)20)27-23-8-10-4-2-3-5-15(10)26-17(21)22/h2-9,17H,1H3,(H,24,25). The summed E-state index contributed by atoms with van der Waals surface area (Å²) in [6.07, 6.45) is 0.156. The van der Waals surface area contributed by atoms with Gasteiger partial charge in [0.25, 0.3) is 5.91 Å². The Morgan fingerprint density at radius 3 is 2.52 bits per heavy atom. The van der Waals surface area contributed by atoms with E-state index >= 15 is 0 Å². The molecule has 0 radical (unpaired) electrons. The fraction of sp³-hybridized carbons (Fsp3) is 0.176. The van der Waals surface area contributed by atoms with Crippen molar-refractivity contribution >= 4 is 52.6 Å². The Bertz CT molecular complexity index is 850. The number of para-hydroxylation sites is 1. The molecule has 2 aromatic rings. The number of carbonyl (C=O) groups excluding carboxylic acids is 1. The van der Waals surface area contributed by atoms with Crippen LogP contribution in [0.4, 0.5) is 14.5 Å². The number of nitrogens with one attached hydrogen (secondary N) is 1. The highest BCUT2D eigenvalue weighted by atomic mass is 35.5. The van der Waals surface area contributed by atoms with Crippen LogP contribution in [0.5, 0.6) is 5.75 Å². The normalized spacial score (nSPS) is 12.3. The summed E-state index contributed by atoms with van der Waals surface area (Å²) in [5.74, 6) is -0.621. The summed E-state index contributed by atoms with van der Waals surface area (Å²) in [7, 11) is 0. The molecule has 10 heteroatoms. The Kier molecular flexibility index (Phi) is 7.65. The summed E-state index contributed by atoms with van der Waals surface area (Å²) in [5, 5.41) is 6.83. The molecule has 0 fully saturated rings. The van der Waals surface area contributed by atoms with Crippen molar-refractivity contribution < 1.29 is 23.1 Å². The average Bonchev–Trinajstić information content (AvgIpc) is 2.60. The Balaban J connectivity index is 1.99. The van der Waals surface area contributed by atoms with Crippen LogP contribution in [-0.4, -0.2) is 24.8 Å². The van der Waals surface area contributed by atoms with Crippen LogP contribution in [0, 0.1) is 0 Å². The van der Waals surface area contributed by atoms with E-state index in [9.17, 15) is 13.6 Å². The van der Waals surface area contributed by atoms with Crippen LogP contribution in [0.1, 0.15) is 12.5 Å². The van der Waals surface area contributed by atoms with Crippen molar-refractivity contribution in [2.45, 2.75) is 19.6 Å². The number of rotatable bonds is 7. The predicted octanol–water partition coefficient (Wildman–Crippen LogP) is 5.63. The second-order valence-corrected chi connectivity index (χ2v) is 6.36. The number of benzene rings is 2. The molecule has 0 heterocycles. The summed E-state index contributed by atoms with van der Waals surface area (Å²) >= 11 is 17.7. The third-order valence-electron chi connectivity index (χ3n) is 3.18. The lowest BCUT2D eigenvalue weighted by Crippen LogP contribution is -2.26. The number of hydrogen-bond donors (Lipinski definition) is 1. The maximum Gasteiger partial charge on any atom is 0.387 e. The SMILES string of the molecule is CC(ON=Cc1ccccc1OC(F)F)C(=O)Nc1cc(Cl)c(Cl)cc1Cl. The van der Waals surface area contributed by atoms with Crippen LogP contribution in [0.25, 0.3) is 0 Å². The molecule has 144 valence electrons. The van der Waals surface area contributed by atoms with Crippen molar-refractivity contribution in [2.24, 2.45) is 5.16 Å². The first-order valence-electron chi connectivity index (χ1n) is 7.46. The van der Waals surface area contributed by atoms with Gasteiger partial charge in [-0.1, -0.05) is 52.1 Å². The van der Waals surface area contributed by atoms with E-state index in [0.717, 1.165) is 6.21 Å². The van der Waals surface area contributed by atoms with Crippen LogP contribution in [0.2, 0.25) is 15.1 Å². The van der Waals surface area contributed by atoms with Gasteiger partial charge in [0.2, 0.25) is 6.10 Å². The van der Waals surface area contributed by atoms with E-state index in [1.54, 1.807) is 6.07 Å². The zero-order chi connectivity index (χ0) is 20.0. The number of halogens is 5. The van der Waals surface area contributed by atoms with Crippen LogP contribution in [-0.2, 0) is 9.63 Å². The molecule has 0 aromatic heterocycles. The minimum Gasteiger partial charge on any atom is -0.434 e. The summed E-state index contributed by atoms with van der Waals surface area (Å²) in [6, 6.07) is 8.80. The van der Waals surface area contributed by atoms with Crippen molar-refractivity contribution in [2.75, 3.05) is 5.32 Å². The van der Waals surface area contributed by atoms with Gasteiger partial charge in [-0.15, -0.1) is 0 Å². The summed E-state index contributed by atoms with van der Waals surface area (Å²) < 4.78 is 29.1. The predicted molar refractivity (Wildman–Crippen MR) is 101 cm³/mol. The van der Waals surface area contributed by atoms with Crippen LogP contribution in [0.15, 0.2) is 41.6 Å². The molecule has 1 atom stereocenters. The van der Waals surface area contributed by atoms with Gasteiger partial charge in [0, 0.05) is 5.56 Å². The molecular weight excluding hydrogens is 425 g/mol. The minimum absolute atomic E-state index is 0.0699. The second kappa shape index (κ2) is 9.73. The third kappa shape index (κ3) is 6.23. The first-order valence-corrected chi connectivity index (χ1v) is 8.59. The number of amides is 1. The minimum atomic E-state index is -2.97. The highest BCUT2D eigenvalue weighted by Crippen LogP contribution is 2.32. The molecule has 1 N–H and O–H groups in total. The van der Waals surface area contributed by atoms with E-state index in [-0.39, 0.29) is 32.1 Å². The molecule has 0 aliphatic heterocycles. The number of nitrogens with zero attached hydrogens (tertiary/aromatic N) is 1. The van der Waals surface area contributed by atoms with E-state index < -0.39 is 18.6 Å². The van der Waals surface area contributed by atoms with E-state index in [2.05, 4.69) is 15.2 Å². The van der Waals surface area contributed by atoms with Gasteiger partial charge in [-0.05, 0) is 31.2 Å². The molecule has 0 aliphatic carbocycles. The lowest BCUT2D eigenvalue weighted by atomic mass is 10.2. The number of oxime groups is 1. The molecule has 2 rings (SSSR count). The van der Waals surface area contributed by atoms with Gasteiger partial charge < -0.3 is 14.9 Å². The second-order valence-electron chi connectivity index (χ2n) is 5.13. The van der Waals surface area contributed by atoms with Crippen LogP contribution >= 0.6 is 34.8 Å². The van der Waals surface area contributed by atoms with E-state index in [1.165, 1.54) is 37.3 Å². The Morgan fingerprint density at radius 2 is 1.81 bits per heavy atom. The van der Waals surface area contributed by atoms with Gasteiger partial charge >= 0.3 is 6.61 Å². The highest BCUT2D eigenvalue weighted by molar-refractivity contribution is 6.44. The van der Waals surface area contributed by atoms with Crippen molar-refractivity contribution in [3.05, 3.63) is 57.0 Å². The molecular formula is C17H13Cl3F2N2O3. The number of alkyl halides is 2. The zero-order valence-corrected chi connectivity index (χ0v) is 16.0. The number of ether oxygens (including phenoxy) is 1. The maximum absolute atomic E-state index is 12.4. The number of anilines is 1. The number of hydrogen-bond acceptors (Lipinski definition) is 4. The molecule has 0 saturated heterocycles. The Hall–Kier alpha value is -2.09. The van der Waals surface area contributed by atoms with Crippen molar-refractivity contribution in [1.82, 2.24) is 0 Å². The first-order chi connectivity index (χ1) is 12.8. The Labute approximate surface area is 168 Å². The van der Waals surface area contributed by atoms with Crippen LogP contribution in [0.3, 0.4) is 0 Å². The van der Waals surface area contributed by atoms with Gasteiger partial charge in [-0.2, -0.15) is 8.78 Å².